The molecule has 3 nitrogen and oxygen atoms in total. The first-order valence-corrected chi connectivity index (χ1v) is 6.06. The van der Waals surface area contributed by atoms with Crippen LogP contribution in [0, 0.1) is 5.41 Å². The first-order chi connectivity index (χ1) is 7.95. The Labute approximate surface area is 107 Å². The second kappa shape index (κ2) is 6.03. The van der Waals surface area contributed by atoms with Gasteiger partial charge < -0.3 is 11.1 Å². The Balaban J connectivity index is 2.50. The first kappa shape index (κ1) is 14.0. The molecule has 94 valence electrons. The quantitative estimate of drug-likeness (QED) is 0.847. The van der Waals surface area contributed by atoms with Crippen molar-refractivity contribution in [2.45, 2.75) is 26.8 Å². The van der Waals surface area contributed by atoms with Crippen molar-refractivity contribution in [1.29, 1.82) is 0 Å². The average molecular weight is 255 g/mol. The lowest BCUT2D eigenvalue weighted by molar-refractivity contribution is -0.129. The molecule has 4 heteroatoms. The van der Waals surface area contributed by atoms with Gasteiger partial charge in [-0.1, -0.05) is 37.6 Å². The molecule has 0 aliphatic rings. The molecule has 0 radical (unpaired) electrons. The number of amides is 1. The molecule has 0 unspecified atom stereocenters. The molecule has 0 aliphatic carbocycles. The molecule has 17 heavy (non-hydrogen) atoms. The van der Waals surface area contributed by atoms with Crippen molar-refractivity contribution in [3.05, 3.63) is 34.9 Å². The summed E-state index contributed by atoms with van der Waals surface area (Å²) in [5.74, 6) is 0.0258. The van der Waals surface area contributed by atoms with Crippen molar-refractivity contribution in [2.24, 2.45) is 11.1 Å². The van der Waals surface area contributed by atoms with Gasteiger partial charge in [0.1, 0.15) is 0 Å². The average Bonchev–Trinajstić information content (AvgIpc) is 2.27. The highest BCUT2D eigenvalue weighted by Crippen LogP contribution is 2.19. The van der Waals surface area contributed by atoms with Gasteiger partial charge in [-0.3, -0.25) is 4.79 Å². The van der Waals surface area contributed by atoms with Crippen molar-refractivity contribution < 1.29 is 4.79 Å². The van der Waals surface area contributed by atoms with Crippen LogP contribution in [0.2, 0.25) is 5.02 Å². The summed E-state index contributed by atoms with van der Waals surface area (Å²) in [6, 6.07) is 7.43. The highest BCUT2D eigenvalue weighted by molar-refractivity contribution is 6.30. The maximum Gasteiger partial charge on any atom is 0.225 e. The molecule has 1 aromatic rings. The van der Waals surface area contributed by atoms with Crippen LogP contribution in [-0.4, -0.2) is 12.5 Å². The monoisotopic (exact) mass is 254 g/mol. The van der Waals surface area contributed by atoms with Crippen molar-refractivity contribution in [1.82, 2.24) is 5.32 Å². The normalized spacial score (nSPS) is 11.3. The molecule has 0 aromatic heterocycles. The van der Waals surface area contributed by atoms with E-state index in [4.69, 9.17) is 17.3 Å². The van der Waals surface area contributed by atoms with E-state index in [1.807, 2.05) is 38.1 Å². The molecular weight excluding hydrogens is 236 g/mol. The van der Waals surface area contributed by atoms with E-state index < -0.39 is 5.41 Å². The zero-order valence-electron chi connectivity index (χ0n) is 10.3. The summed E-state index contributed by atoms with van der Waals surface area (Å²) in [5, 5.41) is 3.60. The summed E-state index contributed by atoms with van der Waals surface area (Å²) in [7, 11) is 0. The van der Waals surface area contributed by atoms with E-state index in [0.29, 0.717) is 24.5 Å². The van der Waals surface area contributed by atoms with Crippen molar-refractivity contribution in [3.8, 4) is 0 Å². The molecule has 1 rings (SSSR count). The van der Waals surface area contributed by atoms with Crippen LogP contribution in [0.15, 0.2) is 24.3 Å². The SMILES string of the molecule is CC(C)(CCN)C(=O)NCc1ccc(Cl)cc1. The molecule has 0 bridgehead atoms. The number of hydrogen-bond acceptors (Lipinski definition) is 2. The van der Waals surface area contributed by atoms with E-state index in [1.165, 1.54) is 0 Å². The summed E-state index contributed by atoms with van der Waals surface area (Å²) in [6.07, 6.45) is 0.680. The Kier molecular flexibility index (Phi) is 4.97. The van der Waals surface area contributed by atoms with Gasteiger partial charge in [0.2, 0.25) is 5.91 Å². The standard InChI is InChI=1S/C13H19ClN2O/c1-13(2,7-8-15)12(17)16-9-10-3-5-11(14)6-4-10/h3-6H,7-9,15H2,1-2H3,(H,16,17). The van der Waals surface area contributed by atoms with E-state index in [9.17, 15) is 4.79 Å². The van der Waals surface area contributed by atoms with Gasteiger partial charge in [-0.15, -0.1) is 0 Å². The number of nitrogens with two attached hydrogens (primary N) is 1. The summed E-state index contributed by atoms with van der Waals surface area (Å²) in [6.45, 7) is 4.83. The molecule has 0 saturated carbocycles. The predicted octanol–water partition coefficient (Wildman–Crippen LogP) is 2.33. The van der Waals surface area contributed by atoms with Crippen LogP contribution in [0.1, 0.15) is 25.8 Å². The van der Waals surface area contributed by atoms with Gasteiger partial charge in [-0.2, -0.15) is 0 Å². The molecule has 0 aliphatic heterocycles. The first-order valence-electron chi connectivity index (χ1n) is 5.68. The second-order valence-corrected chi connectivity index (χ2v) is 5.17. The number of hydrogen-bond donors (Lipinski definition) is 2. The Hall–Kier alpha value is -1.06. The van der Waals surface area contributed by atoms with Crippen LogP contribution in [0.25, 0.3) is 0 Å². The second-order valence-electron chi connectivity index (χ2n) is 4.73. The lowest BCUT2D eigenvalue weighted by Crippen LogP contribution is -2.37. The van der Waals surface area contributed by atoms with Crippen LogP contribution >= 0.6 is 11.6 Å². The highest BCUT2D eigenvalue weighted by atomic mass is 35.5. The van der Waals surface area contributed by atoms with Gasteiger partial charge in [0.25, 0.3) is 0 Å². The van der Waals surface area contributed by atoms with Gasteiger partial charge in [0, 0.05) is 17.0 Å². The molecule has 3 N–H and O–H groups in total. The molecule has 1 amide bonds. The maximum absolute atomic E-state index is 11.9. The van der Waals surface area contributed by atoms with E-state index in [-0.39, 0.29) is 5.91 Å². The largest absolute Gasteiger partial charge is 0.352 e. The Morgan fingerprint density at radius 3 is 2.47 bits per heavy atom. The molecular formula is C13H19ClN2O. The predicted molar refractivity (Wildman–Crippen MR) is 70.8 cm³/mol. The number of rotatable bonds is 5. The lowest BCUT2D eigenvalue weighted by atomic mass is 9.88. The van der Waals surface area contributed by atoms with Crippen molar-refractivity contribution in [3.63, 3.8) is 0 Å². The van der Waals surface area contributed by atoms with Gasteiger partial charge in [-0.05, 0) is 30.7 Å². The van der Waals surface area contributed by atoms with E-state index >= 15 is 0 Å². The molecule has 0 fully saturated rings. The summed E-state index contributed by atoms with van der Waals surface area (Å²) < 4.78 is 0. The minimum Gasteiger partial charge on any atom is -0.352 e. The van der Waals surface area contributed by atoms with Gasteiger partial charge >= 0.3 is 0 Å². The lowest BCUT2D eigenvalue weighted by Gasteiger charge is -2.22. The maximum atomic E-state index is 11.9. The third-order valence-corrected chi connectivity index (χ3v) is 3.00. The van der Waals surface area contributed by atoms with Crippen molar-refractivity contribution in [2.75, 3.05) is 6.54 Å². The fraction of sp³-hybridized carbons (Fsp3) is 0.462. The zero-order valence-corrected chi connectivity index (χ0v) is 11.1. The van der Waals surface area contributed by atoms with Crippen LogP contribution < -0.4 is 11.1 Å². The third-order valence-electron chi connectivity index (χ3n) is 2.75. The summed E-state index contributed by atoms with van der Waals surface area (Å²) in [5.41, 5.74) is 6.10. The smallest absolute Gasteiger partial charge is 0.225 e. The molecule has 0 saturated heterocycles. The van der Waals surface area contributed by atoms with Crippen LogP contribution in [0.4, 0.5) is 0 Å². The number of benzene rings is 1. The van der Waals surface area contributed by atoms with E-state index in [1.54, 1.807) is 0 Å². The number of halogens is 1. The number of carbonyl (C=O) groups excluding carboxylic acids is 1. The van der Waals surface area contributed by atoms with Gasteiger partial charge in [-0.25, -0.2) is 0 Å². The summed E-state index contributed by atoms with van der Waals surface area (Å²) >= 11 is 5.79. The van der Waals surface area contributed by atoms with Crippen LogP contribution in [0.3, 0.4) is 0 Å². The molecule has 0 atom stereocenters. The minimum atomic E-state index is -0.416. The summed E-state index contributed by atoms with van der Waals surface area (Å²) in [4.78, 5) is 11.9. The number of nitrogens with one attached hydrogen (secondary N) is 1. The zero-order chi connectivity index (χ0) is 12.9. The number of carbonyl (C=O) groups is 1. The minimum absolute atomic E-state index is 0.0258. The Bertz CT molecular complexity index is 374. The Morgan fingerprint density at radius 2 is 1.94 bits per heavy atom. The van der Waals surface area contributed by atoms with Crippen LogP contribution in [0.5, 0.6) is 0 Å². The Morgan fingerprint density at radius 1 is 1.35 bits per heavy atom. The van der Waals surface area contributed by atoms with E-state index in [2.05, 4.69) is 5.32 Å². The fourth-order valence-electron chi connectivity index (χ4n) is 1.50. The molecule has 1 aromatic carbocycles. The van der Waals surface area contributed by atoms with E-state index in [0.717, 1.165) is 5.56 Å². The van der Waals surface area contributed by atoms with Gasteiger partial charge in [0.15, 0.2) is 0 Å². The topological polar surface area (TPSA) is 55.1 Å². The van der Waals surface area contributed by atoms with Crippen LogP contribution in [-0.2, 0) is 11.3 Å². The van der Waals surface area contributed by atoms with Gasteiger partial charge in [0.05, 0.1) is 0 Å². The van der Waals surface area contributed by atoms with Crippen molar-refractivity contribution >= 4 is 17.5 Å². The highest BCUT2D eigenvalue weighted by Gasteiger charge is 2.25. The molecule has 0 spiro atoms. The molecule has 0 heterocycles. The fourth-order valence-corrected chi connectivity index (χ4v) is 1.62. The third kappa shape index (κ3) is 4.36.